The molecule has 1 aromatic rings. The van der Waals surface area contributed by atoms with Gasteiger partial charge in [-0.05, 0) is 18.6 Å². The minimum absolute atomic E-state index is 0.139. The molecule has 0 radical (unpaired) electrons. The average Bonchev–Trinajstić information content (AvgIpc) is 3.15. The third kappa shape index (κ3) is 1.58. The topological polar surface area (TPSA) is 60.4 Å². The van der Waals surface area contributed by atoms with Crippen LogP contribution < -0.4 is 0 Å². The molecule has 0 bridgehead atoms. The Hall–Kier alpha value is -1.62. The Morgan fingerprint density at radius 2 is 2.06 bits per heavy atom. The Balaban J connectivity index is 2.52. The molecule has 4 nitrogen and oxygen atoms in total. The summed E-state index contributed by atoms with van der Waals surface area (Å²) in [5.74, 6) is -1.09. The summed E-state index contributed by atoms with van der Waals surface area (Å²) in [5.41, 5.74) is 0. The summed E-state index contributed by atoms with van der Waals surface area (Å²) in [7, 11) is -2.55. The van der Waals surface area contributed by atoms with E-state index >= 15 is 0 Å². The highest BCUT2D eigenvalue weighted by molar-refractivity contribution is 7.94. The van der Waals surface area contributed by atoms with Crippen molar-refractivity contribution in [1.29, 1.82) is 0 Å². The van der Waals surface area contributed by atoms with Gasteiger partial charge in [0.25, 0.3) is 0 Å². The van der Waals surface area contributed by atoms with Gasteiger partial charge in [-0.15, -0.1) is 6.58 Å². The van der Waals surface area contributed by atoms with Crippen molar-refractivity contribution in [1.82, 2.24) is 0 Å². The minimum atomic E-state index is -3.75. The van der Waals surface area contributed by atoms with Gasteiger partial charge in [-0.1, -0.05) is 24.3 Å². The zero-order valence-electron chi connectivity index (χ0n) is 10.00. The molecule has 0 aromatic heterocycles. The monoisotopic (exact) mass is 266 g/mol. The van der Waals surface area contributed by atoms with Crippen LogP contribution in [0.15, 0.2) is 47.9 Å². The van der Waals surface area contributed by atoms with Crippen LogP contribution in [0.5, 0.6) is 0 Å². The molecule has 2 atom stereocenters. The van der Waals surface area contributed by atoms with Crippen LogP contribution in [0.4, 0.5) is 0 Å². The van der Waals surface area contributed by atoms with E-state index in [1.165, 1.54) is 25.3 Å². The first kappa shape index (κ1) is 12.8. The molecule has 0 spiro atoms. The number of benzene rings is 1. The lowest BCUT2D eigenvalue weighted by Gasteiger charge is -2.15. The number of allylic oxidation sites excluding steroid dienone is 1. The molecule has 5 heteroatoms. The van der Waals surface area contributed by atoms with Crippen LogP contribution in [-0.2, 0) is 19.4 Å². The molecule has 2 unspecified atom stereocenters. The lowest BCUT2D eigenvalue weighted by molar-refractivity contribution is -0.141. The molecule has 0 N–H and O–H groups in total. The van der Waals surface area contributed by atoms with E-state index in [2.05, 4.69) is 11.3 Å². The number of methoxy groups -OCH3 is 1. The van der Waals surface area contributed by atoms with Crippen LogP contribution in [-0.4, -0.2) is 26.2 Å². The van der Waals surface area contributed by atoms with Crippen LogP contribution in [0.1, 0.15) is 6.42 Å². The van der Waals surface area contributed by atoms with Gasteiger partial charge in [0.15, 0.2) is 14.6 Å². The SMILES string of the molecule is C=CC1CC1(C(=O)OC)S(=O)(=O)c1ccccc1. The second kappa shape index (κ2) is 4.24. The maximum Gasteiger partial charge on any atom is 0.328 e. The normalized spacial score (nSPS) is 26.4. The van der Waals surface area contributed by atoms with Gasteiger partial charge < -0.3 is 4.74 Å². The molecule has 18 heavy (non-hydrogen) atoms. The number of sulfone groups is 1. The molecular weight excluding hydrogens is 252 g/mol. The molecule has 0 saturated heterocycles. The third-order valence-electron chi connectivity index (χ3n) is 3.31. The number of ether oxygens (including phenoxy) is 1. The van der Waals surface area contributed by atoms with Gasteiger partial charge in [0.05, 0.1) is 12.0 Å². The molecule has 1 fully saturated rings. The first-order chi connectivity index (χ1) is 8.50. The molecule has 0 aliphatic heterocycles. The van der Waals surface area contributed by atoms with Gasteiger partial charge in [0.2, 0.25) is 0 Å². The van der Waals surface area contributed by atoms with Crippen molar-refractivity contribution < 1.29 is 17.9 Å². The maximum atomic E-state index is 12.5. The van der Waals surface area contributed by atoms with Crippen molar-refractivity contribution in [3.05, 3.63) is 43.0 Å². The quantitative estimate of drug-likeness (QED) is 0.613. The molecule has 96 valence electrons. The van der Waals surface area contributed by atoms with Crippen molar-refractivity contribution in [3.8, 4) is 0 Å². The first-order valence-corrected chi connectivity index (χ1v) is 6.99. The number of carbonyl (C=O) groups excluding carboxylic acids is 1. The summed E-state index contributed by atoms with van der Waals surface area (Å²) in [5, 5.41) is 0. The summed E-state index contributed by atoms with van der Waals surface area (Å²) in [6, 6.07) is 7.95. The van der Waals surface area contributed by atoms with Crippen molar-refractivity contribution in [2.75, 3.05) is 7.11 Å². The Morgan fingerprint density at radius 1 is 1.44 bits per heavy atom. The van der Waals surface area contributed by atoms with Gasteiger partial charge in [0, 0.05) is 5.92 Å². The molecular formula is C13H14O4S. The fourth-order valence-corrected chi connectivity index (χ4v) is 4.31. The molecule has 1 saturated carbocycles. The van der Waals surface area contributed by atoms with Crippen LogP contribution in [0, 0.1) is 5.92 Å². The molecule has 0 amide bonds. The standard InChI is InChI=1S/C13H14O4S/c1-3-10-9-13(10,12(14)17-2)18(15,16)11-7-5-4-6-8-11/h3-8,10H,1,9H2,2H3. The number of hydrogen-bond donors (Lipinski definition) is 0. The zero-order valence-corrected chi connectivity index (χ0v) is 10.8. The molecule has 1 aromatic carbocycles. The van der Waals surface area contributed by atoms with Gasteiger partial charge >= 0.3 is 5.97 Å². The molecule has 2 rings (SSSR count). The van der Waals surface area contributed by atoms with Crippen LogP contribution in [0.2, 0.25) is 0 Å². The molecule has 0 heterocycles. The van der Waals surface area contributed by atoms with Gasteiger partial charge in [-0.2, -0.15) is 0 Å². The van der Waals surface area contributed by atoms with Crippen LogP contribution in [0.3, 0.4) is 0 Å². The smallest absolute Gasteiger partial charge is 0.328 e. The number of carbonyl (C=O) groups is 1. The van der Waals surface area contributed by atoms with Crippen molar-refractivity contribution in [3.63, 3.8) is 0 Å². The fraction of sp³-hybridized carbons (Fsp3) is 0.308. The summed E-state index contributed by atoms with van der Waals surface area (Å²) < 4.78 is 28.2. The summed E-state index contributed by atoms with van der Waals surface area (Å²) in [6.07, 6.45) is 1.73. The number of esters is 1. The van der Waals surface area contributed by atoms with Gasteiger partial charge in [-0.3, -0.25) is 4.79 Å². The van der Waals surface area contributed by atoms with Gasteiger partial charge in [-0.25, -0.2) is 8.42 Å². The van der Waals surface area contributed by atoms with E-state index in [0.717, 1.165) is 0 Å². The number of hydrogen-bond acceptors (Lipinski definition) is 4. The zero-order chi connectivity index (χ0) is 13.4. The summed E-state index contributed by atoms with van der Waals surface area (Å²) in [6.45, 7) is 3.57. The Bertz CT molecular complexity index is 576. The number of rotatable bonds is 4. The third-order valence-corrected chi connectivity index (χ3v) is 5.80. The van der Waals surface area contributed by atoms with E-state index in [1.54, 1.807) is 18.2 Å². The van der Waals surface area contributed by atoms with E-state index in [1.807, 2.05) is 0 Å². The van der Waals surface area contributed by atoms with Crippen molar-refractivity contribution >= 4 is 15.8 Å². The lowest BCUT2D eigenvalue weighted by atomic mass is 10.3. The predicted molar refractivity (Wildman–Crippen MR) is 66.7 cm³/mol. The van der Waals surface area contributed by atoms with E-state index in [0.29, 0.717) is 0 Å². The Kier molecular flexibility index (Phi) is 3.02. The van der Waals surface area contributed by atoms with Crippen LogP contribution in [0.25, 0.3) is 0 Å². The van der Waals surface area contributed by atoms with E-state index in [9.17, 15) is 13.2 Å². The van der Waals surface area contributed by atoms with E-state index in [4.69, 9.17) is 0 Å². The van der Waals surface area contributed by atoms with Crippen molar-refractivity contribution in [2.45, 2.75) is 16.1 Å². The maximum absolute atomic E-state index is 12.5. The lowest BCUT2D eigenvalue weighted by Crippen LogP contribution is -2.35. The molecule has 1 aliphatic rings. The second-order valence-corrected chi connectivity index (χ2v) is 6.45. The van der Waals surface area contributed by atoms with E-state index < -0.39 is 20.6 Å². The van der Waals surface area contributed by atoms with E-state index in [-0.39, 0.29) is 17.2 Å². The summed E-state index contributed by atoms with van der Waals surface area (Å²) in [4.78, 5) is 12.0. The highest BCUT2D eigenvalue weighted by Gasteiger charge is 2.69. The highest BCUT2D eigenvalue weighted by atomic mass is 32.2. The summed E-state index contributed by atoms with van der Waals surface area (Å²) >= 11 is 0. The fourth-order valence-electron chi connectivity index (χ4n) is 2.18. The Morgan fingerprint density at radius 3 is 2.50 bits per heavy atom. The molecule has 1 aliphatic carbocycles. The first-order valence-electron chi connectivity index (χ1n) is 5.51. The van der Waals surface area contributed by atoms with Crippen LogP contribution >= 0.6 is 0 Å². The van der Waals surface area contributed by atoms with Crippen molar-refractivity contribution in [2.24, 2.45) is 5.92 Å². The predicted octanol–water partition coefficient (Wildman–Crippen LogP) is 1.58. The second-order valence-electron chi connectivity index (χ2n) is 4.24. The van der Waals surface area contributed by atoms with Gasteiger partial charge in [0.1, 0.15) is 0 Å². The Labute approximate surface area is 106 Å². The minimum Gasteiger partial charge on any atom is -0.468 e. The average molecular weight is 266 g/mol. The highest BCUT2D eigenvalue weighted by Crippen LogP contribution is 2.54. The largest absolute Gasteiger partial charge is 0.468 e.